The lowest BCUT2D eigenvalue weighted by molar-refractivity contribution is -0.121. The molecule has 0 spiro atoms. The molecule has 6 nitrogen and oxygen atoms in total. The van der Waals surface area contributed by atoms with E-state index in [2.05, 4.69) is 15.6 Å². The summed E-state index contributed by atoms with van der Waals surface area (Å²) in [5, 5.41) is 6.38. The van der Waals surface area contributed by atoms with Crippen molar-refractivity contribution in [2.45, 2.75) is 32.4 Å². The summed E-state index contributed by atoms with van der Waals surface area (Å²) in [4.78, 5) is 28.4. The number of pyridine rings is 1. The lowest BCUT2D eigenvalue weighted by atomic mass is 10.1. The number of halogens is 1. The van der Waals surface area contributed by atoms with Crippen molar-refractivity contribution >= 4 is 23.4 Å². The summed E-state index contributed by atoms with van der Waals surface area (Å²) in [6, 6.07) is 18.0. The van der Waals surface area contributed by atoms with Crippen molar-refractivity contribution in [3.05, 3.63) is 94.8 Å². The third-order valence-electron chi connectivity index (χ3n) is 4.86. The molecule has 1 atom stereocenters. The quantitative estimate of drug-likeness (QED) is 0.438. The molecular weight excluding hydrogens is 426 g/mol. The van der Waals surface area contributed by atoms with E-state index < -0.39 is 0 Å². The summed E-state index contributed by atoms with van der Waals surface area (Å²) in [6.45, 7) is 2.81. The molecule has 2 amide bonds. The van der Waals surface area contributed by atoms with Crippen molar-refractivity contribution in [1.82, 2.24) is 15.6 Å². The third kappa shape index (κ3) is 7.39. The van der Waals surface area contributed by atoms with Crippen molar-refractivity contribution in [3.63, 3.8) is 0 Å². The Labute approximate surface area is 193 Å². The molecule has 166 valence electrons. The molecule has 3 aromatic rings. The van der Waals surface area contributed by atoms with Gasteiger partial charge in [0.05, 0.1) is 6.04 Å². The van der Waals surface area contributed by atoms with Crippen LogP contribution < -0.4 is 15.4 Å². The monoisotopic (exact) mass is 451 g/mol. The number of carbonyl (C=O) groups excluding carboxylic acids is 2. The molecule has 1 aromatic heterocycles. The van der Waals surface area contributed by atoms with E-state index in [9.17, 15) is 9.59 Å². The molecule has 32 heavy (non-hydrogen) atoms. The predicted octanol–water partition coefficient (Wildman–Crippen LogP) is 4.70. The molecule has 2 aromatic carbocycles. The maximum atomic E-state index is 12.2. The topological polar surface area (TPSA) is 80.3 Å². The fourth-order valence-corrected chi connectivity index (χ4v) is 3.18. The molecule has 2 N–H and O–H groups in total. The zero-order valence-electron chi connectivity index (χ0n) is 17.9. The normalized spacial score (nSPS) is 11.4. The van der Waals surface area contributed by atoms with E-state index in [1.165, 1.54) is 0 Å². The molecule has 0 saturated heterocycles. The number of rotatable bonds is 10. The predicted molar refractivity (Wildman–Crippen MR) is 125 cm³/mol. The minimum absolute atomic E-state index is 0.0600. The molecule has 0 aliphatic heterocycles. The number of aromatic nitrogens is 1. The molecule has 0 radical (unpaired) electrons. The number of hydrogen-bond acceptors (Lipinski definition) is 4. The SMILES string of the molecule is C[C@H](NC(=O)CCCNC(=O)c1ccc(Cl)cc1)c1ccc(OCc2cccnc2)cc1. The Balaban J connectivity index is 1.36. The van der Waals surface area contributed by atoms with Gasteiger partial charge in [0, 0.05) is 41.5 Å². The van der Waals surface area contributed by atoms with Gasteiger partial charge in [0.1, 0.15) is 12.4 Å². The first kappa shape index (κ1) is 23.3. The highest BCUT2D eigenvalue weighted by Crippen LogP contribution is 2.19. The number of amides is 2. The van der Waals surface area contributed by atoms with Gasteiger partial charge in [-0.25, -0.2) is 0 Å². The van der Waals surface area contributed by atoms with Gasteiger partial charge in [-0.15, -0.1) is 0 Å². The number of benzene rings is 2. The number of nitrogens with zero attached hydrogens (tertiary/aromatic N) is 1. The van der Waals surface area contributed by atoms with Crippen LogP contribution in [0.3, 0.4) is 0 Å². The average molecular weight is 452 g/mol. The lowest BCUT2D eigenvalue weighted by Crippen LogP contribution is -2.29. The molecule has 7 heteroatoms. The second-order valence-electron chi connectivity index (χ2n) is 7.37. The number of carbonyl (C=O) groups is 2. The highest BCUT2D eigenvalue weighted by atomic mass is 35.5. The van der Waals surface area contributed by atoms with Crippen LogP contribution in [0.1, 0.15) is 47.3 Å². The average Bonchev–Trinajstić information content (AvgIpc) is 2.82. The van der Waals surface area contributed by atoms with Gasteiger partial charge in [0.2, 0.25) is 5.91 Å². The molecule has 3 rings (SSSR count). The molecule has 0 saturated carbocycles. The summed E-state index contributed by atoms with van der Waals surface area (Å²) in [5.41, 5.74) is 2.53. The lowest BCUT2D eigenvalue weighted by Gasteiger charge is -2.15. The van der Waals surface area contributed by atoms with Gasteiger partial charge in [0.25, 0.3) is 5.91 Å². The van der Waals surface area contributed by atoms with Crippen molar-refractivity contribution in [1.29, 1.82) is 0 Å². The van der Waals surface area contributed by atoms with E-state index in [1.807, 2.05) is 43.3 Å². The molecule has 0 aliphatic carbocycles. The van der Waals surface area contributed by atoms with Crippen LogP contribution in [0.2, 0.25) is 5.02 Å². The summed E-state index contributed by atoms with van der Waals surface area (Å²) in [6.07, 6.45) is 4.39. The molecule has 0 aliphatic rings. The molecule has 0 bridgehead atoms. The summed E-state index contributed by atoms with van der Waals surface area (Å²) >= 11 is 5.82. The van der Waals surface area contributed by atoms with Crippen LogP contribution in [0.4, 0.5) is 0 Å². The Morgan fingerprint density at radius 1 is 1.06 bits per heavy atom. The molecular formula is C25H26ClN3O3. The number of ether oxygens (including phenoxy) is 1. The Bertz CT molecular complexity index is 1010. The van der Waals surface area contributed by atoms with Crippen LogP contribution in [-0.2, 0) is 11.4 Å². The van der Waals surface area contributed by atoms with Gasteiger partial charge in [-0.1, -0.05) is 29.8 Å². The van der Waals surface area contributed by atoms with Gasteiger partial charge in [0.15, 0.2) is 0 Å². The van der Waals surface area contributed by atoms with E-state index in [0.29, 0.717) is 36.6 Å². The summed E-state index contributed by atoms with van der Waals surface area (Å²) < 4.78 is 5.76. The van der Waals surface area contributed by atoms with Crippen molar-refractivity contribution in [2.75, 3.05) is 6.54 Å². The van der Waals surface area contributed by atoms with E-state index >= 15 is 0 Å². The fourth-order valence-electron chi connectivity index (χ4n) is 3.05. The van der Waals surface area contributed by atoms with Crippen LogP contribution in [0.15, 0.2) is 73.1 Å². The summed E-state index contributed by atoms with van der Waals surface area (Å²) in [5.74, 6) is 0.518. The van der Waals surface area contributed by atoms with E-state index in [4.69, 9.17) is 16.3 Å². The number of nitrogens with one attached hydrogen (secondary N) is 2. The van der Waals surface area contributed by atoms with Crippen LogP contribution in [-0.4, -0.2) is 23.3 Å². The first-order valence-electron chi connectivity index (χ1n) is 10.5. The van der Waals surface area contributed by atoms with Gasteiger partial charge in [-0.3, -0.25) is 14.6 Å². The molecule has 0 unspecified atom stereocenters. The molecule has 1 heterocycles. The van der Waals surface area contributed by atoms with Gasteiger partial charge < -0.3 is 15.4 Å². The van der Waals surface area contributed by atoms with E-state index in [0.717, 1.165) is 16.9 Å². The van der Waals surface area contributed by atoms with E-state index in [1.54, 1.807) is 36.7 Å². The standard InChI is InChI=1S/C25H26ClN3O3/c1-18(20-8-12-23(13-9-20)32-17-19-4-2-14-27-16-19)29-24(30)5-3-15-28-25(31)21-6-10-22(26)11-7-21/h2,4,6-14,16,18H,3,5,15,17H2,1H3,(H,28,31)(H,29,30)/t18-/m0/s1. The first-order chi connectivity index (χ1) is 15.5. The van der Waals surface area contributed by atoms with E-state index in [-0.39, 0.29) is 17.9 Å². The van der Waals surface area contributed by atoms with Crippen LogP contribution in [0, 0.1) is 0 Å². The Hall–Kier alpha value is -3.38. The Morgan fingerprint density at radius 2 is 1.81 bits per heavy atom. The van der Waals surface area contributed by atoms with Crippen molar-refractivity contribution in [2.24, 2.45) is 0 Å². The van der Waals surface area contributed by atoms with Crippen LogP contribution in [0.25, 0.3) is 0 Å². The minimum Gasteiger partial charge on any atom is -0.489 e. The second-order valence-corrected chi connectivity index (χ2v) is 7.81. The largest absolute Gasteiger partial charge is 0.489 e. The van der Waals surface area contributed by atoms with Gasteiger partial charge >= 0.3 is 0 Å². The maximum Gasteiger partial charge on any atom is 0.251 e. The first-order valence-corrected chi connectivity index (χ1v) is 10.8. The maximum absolute atomic E-state index is 12.2. The zero-order valence-corrected chi connectivity index (χ0v) is 18.6. The molecule has 0 fully saturated rings. The van der Waals surface area contributed by atoms with Crippen LogP contribution >= 0.6 is 11.6 Å². The Kier molecular flexibility index (Phi) is 8.63. The third-order valence-corrected chi connectivity index (χ3v) is 5.11. The zero-order chi connectivity index (χ0) is 22.8. The Morgan fingerprint density at radius 3 is 2.50 bits per heavy atom. The summed E-state index contributed by atoms with van der Waals surface area (Å²) in [7, 11) is 0. The fraction of sp³-hybridized carbons (Fsp3) is 0.240. The van der Waals surface area contributed by atoms with Crippen molar-refractivity contribution in [3.8, 4) is 5.75 Å². The van der Waals surface area contributed by atoms with Crippen LogP contribution in [0.5, 0.6) is 5.75 Å². The highest BCUT2D eigenvalue weighted by molar-refractivity contribution is 6.30. The number of hydrogen-bond donors (Lipinski definition) is 2. The van der Waals surface area contributed by atoms with Crippen molar-refractivity contribution < 1.29 is 14.3 Å². The highest BCUT2D eigenvalue weighted by Gasteiger charge is 2.10. The minimum atomic E-state index is -0.179. The smallest absolute Gasteiger partial charge is 0.251 e. The van der Waals surface area contributed by atoms with Gasteiger partial charge in [-0.05, 0) is 61.4 Å². The second kappa shape index (κ2) is 11.9. The van der Waals surface area contributed by atoms with Gasteiger partial charge in [-0.2, -0.15) is 0 Å².